The molecular formula is C13H16N4O4. The summed E-state index contributed by atoms with van der Waals surface area (Å²) >= 11 is 0. The number of esters is 1. The van der Waals surface area contributed by atoms with E-state index in [0.29, 0.717) is 16.5 Å². The number of aromatic nitrogens is 2. The molecule has 0 unspecified atom stereocenters. The number of hydrogen-bond donors (Lipinski definition) is 2. The van der Waals surface area contributed by atoms with Crippen molar-refractivity contribution in [2.45, 2.75) is 13.8 Å². The fraction of sp³-hybridized carbons (Fsp3) is 0.308. The molecule has 0 aliphatic carbocycles. The molecule has 8 nitrogen and oxygen atoms in total. The van der Waals surface area contributed by atoms with Crippen LogP contribution in [0.5, 0.6) is 0 Å². The zero-order chi connectivity index (χ0) is 15.4. The standard InChI is InChI=1S/C13H16N4O4/c1-3-20-12(18)8-5-6-10-9(7-8)11(16-15-10)17(14)13(19)21-4-2/h5-7H,3-4,14H2,1-2H3,(H,15,16). The van der Waals surface area contributed by atoms with Gasteiger partial charge in [-0.1, -0.05) is 0 Å². The molecule has 1 amide bonds. The first-order valence-electron chi connectivity index (χ1n) is 6.45. The molecule has 2 rings (SSSR count). The summed E-state index contributed by atoms with van der Waals surface area (Å²) in [5, 5.41) is 8.01. The number of carbonyl (C=O) groups is 2. The lowest BCUT2D eigenvalue weighted by molar-refractivity contribution is 0.0526. The molecule has 0 radical (unpaired) electrons. The molecule has 0 atom stereocenters. The molecule has 1 aromatic heterocycles. The van der Waals surface area contributed by atoms with E-state index in [2.05, 4.69) is 10.2 Å². The average molecular weight is 292 g/mol. The molecule has 3 N–H and O–H groups in total. The first-order chi connectivity index (χ1) is 10.1. The molecule has 8 heteroatoms. The van der Waals surface area contributed by atoms with Gasteiger partial charge in [-0.2, -0.15) is 10.1 Å². The topological polar surface area (TPSA) is 111 Å². The van der Waals surface area contributed by atoms with E-state index in [1.165, 1.54) is 0 Å². The van der Waals surface area contributed by atoms with Gasteiger partial charge in [0.05, 0.1) is 24.3 Å². The van der Waals surface area contributed by atoms with Crippen molar-refractivity contribution in [1.29, 1.82) is 0 Å². The fourth-order valence-corrected chi connectivity index (χ4v) is 1.80. The Hall–Kier alpha value is -2.61. The number of anilines is 1. The van der Waals surface area contributed by atoms with Gasteiger partial charge in [-0.3, -0.25) is 5.10 Å². The van der Waals surface area contributed by atoms with Crippen LogP contribution in [0, 0.1) is 0 Å². The van der Waals surface area contributed by atoms with E-state index in [4.69, 9.17) is 15.3 Å². The molecule has 0 aliphatic heterocycles. The van der Waals surface area contributed by atoms with Crippen molar-refractivity contribution in [3.8, 4) is 0 Å². The van der Waals surface area contributed by atoms with Crippen molar-refractivity contribution in [2.75, 3.05) is 18.2 Å². The van der Waals surface area contributed by atoms with Gasteiger partial charge < -0.3 is 9.47 Å². The van der Waals surface area contributed by atoms with E-state index in [0.717, 1.165) is 5.01 Å². The summed E-state index contributed by atoms with van der Waals surface area (Å²) in [6.07, 6.45) is -0.729. The maximum absolute atomic E-state index is 11.7. The van der Waals surface area contributed by atoms with Crippen LogP contribution < -0.4 is 10.9 Å². The maximum Gasteiger partial charge on any atom is 0.430 e. The Kier molecular flexibility index (Phi) is 4.39. The van der Waals surface area contributed by atoms with E-state index >= 15 is 0 Å². The number of nitrogens with two attached hydrogens (primary N) is 1. The highest BCUT2D eigenvalue weighted by atomic mass is 16.6. The van der Waals surface area contributed by atoms with E-state index in [1.807, 2.05) is 0 Å². The molecule has 1 heterocycles. The number of rotatable bonds is 4. The SMILES string of the molecule is CCOC(=O)c1ccc2[nH]nc(N(N)C(=O)OCC)c2c1. The Morgan fingerprint density at radius 3 is 2.67 bits per heavy atom. The van der Waals surface area contributed by atoms with Crippen molar-refractivity contribution in [1.82, 2.24) is 10.2 Å². The highest BCUT2D eigenvalue weighted by Crippen LogP contribution is 2.24. The Bertz CT molecular complexity index is 667. The third kappa shape index (κ3) is 2.95. The highest BCUT2D eigenvalue weighted by molar-refractivity contribution is 6.01. The minimum atomic E-state index is -0.729. The number of nitrogens with zero attached hydrogens (tertiary/aromatic N) is 2. The van der Waals surface area contributed by atoms with Crippen molar-refractivity contribution in [3.63, 3.8) is 0 Å². The molecule has 112 valence electrons. The molecule has 0 fully saturated rings. The minimum absolute atomic E-state index is 0.176. The maximum atomic E-state index is 11.7. The molecule has 0 saturated carbocycles. The van der Waals surface area contributed by atoms with E-state index < -0.39 is 12.1 Å². The second-order valence-corrected chi connectivity index (χ2v) is 4.10. The number of benzene rings is 1. The van der Waals surface area contributed by atoms with Crippen molar-refractivity contribution >= 4 is 28.8 Å². The summed E-state index contributed by atoms with van der Waals surface area (Å²) in [6, 6.07) is 4.83. The third-order valence-corrected chi connectivity index (χ3v) is 2.75. The first-order valence-corrected chi connectivity index (χ1v) is 6.45. The number of fused-ring (bicyclic) bond motifs is 1. The quantitative estimate of drug-likeness (QED) is 0.383. The lowest BCUT2D eigenvalue weighted by atomic mass is 10.1. The number of carbonyl (C=O) groups excluding carboxylic acids is 2. The number of nitrogens with one attached hydrogen (secondary N) is 1. The van der Waals surface area contributed by atoms with Gasteiger partial charge >= 0.3 is 12.1 Å². The van der Waals surface area contributed by atoms with E-state index in [9.17, 15) is 9.59 Å². The molecule has 0 aliphatic rings. The van der Waals surface area contributed by atoms with Gasteiger partial charge in [0.2, 0.25) is 0 Å². The third-order valence-electron chi connectivity index (χ3n) is 2.75. The van der Waals surface area contributed by atoms with Crippen LogP contribution in [0.25, 0.3) is 10.9 Å². The summed E-state index contributed by atoms with van der Waals surface area (Å²) in [7, 11) is 0. The van der Waals surface area contributed by atoms with Crippen LogP contribution in [0.15, 0.2) is 18.2 Å². The molecule has 0 bridgehead atoms. The molecular weight excluding hydrogens is 276 g/mol. The molecule has 21 heavy (non-hydrogen) atoms. The lowest BCUT2D eigenvalue weighted by Gasteiger charge is -2.13. The fourth-order valence-electron chi connectivity index (χ4n) is 1.80. The Morgan fingerprint density at radius 1 is 1.29 bits per heavy atom. The Balaban J connectivity index is 2.39. The molecule has 1 aromatic carbocycles. The van der Waals surface area contributed by atoms with Crippen LogP contribution in [-0.2, 0) is 9.47 Å². The summed E-state index contributed by atoms with van der Waals surface area (Å²) in [5.74, 6) is 5.40. The van der Waals surface area contributed by atoms with Crippen molar-refractivity contribution in [2.24, 2.45) is 5.84 Å². The van der Waals surface area contributed by atoms with Crippen LogP contribution in [-0.4, -0.2) is 35.5 Å². The number of amides is 1. The minimum Gasteiger partial charge on any atom is -0.462 e. The normalized spacial score (nSPS) is 10.4. The predicted octanol–water partition coefficient (Wildman–Crippen LogP) is 1.58. The summed E-state index contributed by atoms with van der Waals surface area (Å²) in [4.78, 5) is 23.4. The van der Waals surface area contributed by atoms with Crippen LogP contribution in [0.2, 0.25) is 0 Å². The number of ether oxygens (including phenoxy) is 2. The highest BCUT2D eigenvalue weighted by Gasteiger charge is 2.19. The smallest absolute Gasteiger partial charge is 0.430 e. The summed E-state index contributed by atoms with van der Waals surface area (Å²) in [6.45, 7) is 3.87. The molecule has 2 aromatic rings. The zero-order valence-corrected chi connectivity index (χ0v) is 11.8. The van der Waals surface area contributed by atoms with Crippen molar-refractivity contribution in [3.05, 3.63) is 23.8 Å². The molecule has 0 spiro atoms. The Morgan fingerprint density at radius 2 is 2.00 bits per heavy atom. The predicted molar refractivity (Wildman–Crippen MR) is 75.7 cm³/mol. The largest absolute Gasteiger partial charge is 0.462 e. The van der Waals surface area contributed by atoms with E-state index in [-0.39, 0.29) is 19.0 Å². The van der Waals surface area contributed by atoms with Gasteiger partial charge in [-0.05, 0) is 32.0 Å². The lowest BCUT2D eigenvalue weighted by Crippen LogP contribution is -2.38. The number of hydrogen-bond acceptors (Lipinski definition) is 6. The summed E-state index contributed by atoms with van der Waals surface area (Å²) in [5.41, 5.74) is 0.988. The van der Waals surface area contributed by atoms with Gasteiger partial charge in [0.15, 0.2) is 5.82 Å². The van der Waals surface area contributed by atoms with Crippen LogP contribution in [0.4, 0.5) is 10.6 Å². The molecule has 0 saturated heterocycles. The average Bonchev–Trinajstić information content (AvgIpc) is 2.89. The first kappa shape index (κ1) is 14.8. The monoisotopic (exact) mass is 292 g/mol. The van der Waals surface area contributed by atoms with Gasteiger partial charge in [0.1, 0.15) is 0 Å². The van der Waals surface area contributed by atoms with Crippen molar-refractivity contribution < 1.29 is 19.1 Å². The van der Waals surface area contributed by atoms with Gasteiger partial charge in [-0.15, -0.1) is 0 Å². The zero-order valence-electron chi connectivity index (χ0n) is 11.8. The van der Waals surface area contributed by atoms with Crippen LogP contribution in [0.1, 0.15) is 24.2 Å². The van der Waals surface area contributed by atoms with Gasteiger partial charge in [0, 0.05) is 5.39 Å². The van der Waals surface area contributed by atoms with Gasteiger partial charge in [0.25, 0.3) is 0 Å². The second-order valence-electron chi connectivity index (χ2n) is 4.10. The van der Waals surface area contributed by atoms with Gasteiger partial charge in [-0.25, -0.2) is 15.4 Å². The van der Waals surface area contributed by atoms with E-state index in [1.54, 1.807) is 32.0 Å². The summed E-state index contributed by atoms with van der Waals surface area (Å²) < 4.78 is 9.74. The van der Waals surface area contributed by atoms with Crippen LogP contribution >= 0.6 is 0 Å². The number of H-pyrrole nitrogens is 1. The second kappa shape index (κ2) is 6.23. The van der Waals surface area contributed by atoms with Crippen LogP contribution in [0.3, 0.4) is 0 Å². The number of aromatic amines is 1. The Labute approximate surface area is 120 Å². The number of hydrazine groups is 1.